The van der Waals surface area contributed by atoms with Gasteiger partial charge in [-0.15, -0.1) is 0 Å². The Balaban J connectivity index is 2.04. The van der Waals surface area contributed by atoms with Crippen LogP contribution in [-0.4, -0.2) is 25.7 Å². The molecule has 1 saturated carbocycles. The second kappa shape index (κ2) is 6.35. The molecule has 2 rings (SSSR count). The first-order chi connectivity index (χ1) is 9.51. The molecule has 0 aromatic heterocycles. The highest BCUT2D eigenvalue weighted by Gasteiger charge is 2.24. The van der Waals surface area contributed by atoms with Gasteiger partial charge in [-0.25, -0.2) is 13.1 Å². The fraction of sp³-hybridized carbons (Fsp3) is 0.500. The van der Waals surface area contributed by atoms with Gasteiger partial charge in [-0.05, 0) is 43.4 Å². The predicted molar refractivity (Wildman–Crippen MR) is 74.3 cm³/mol. The number of aliphatic hydroxyl groups is 1. The zero-order chi connectivity index (χ0) is 14.6. The van der Waals surface area contributed by atoms with Gasteiger partial charge < -0.3 is 5.11 Å². The number of benzene rings is 1. The van der Waals surface area contributed by atoms with Crippen molar-refractivity contribution in [3.05, 3.63) is 29.8 Å². The van der Waals surface area contributed by atoms with Gasteiger partial charge >= 0.3 is 0 Å². The molecule has 1 aliphatic rings. The van der Waals surface area contributed by atoms with Crippen LogP contribution in [0.4, 0.5) is 0 Å². The lowest BCUT2D eigenvalue weighted by Crippen LogP contribution is -2.38. The lowest BCUT2D eigenvalue weighted by molar-refractivity contribution is 0.120. The summed E-state index contributed by atoms with van der Waals surface area (Å²) in [5.41, 5.74) is 0.798. The maximum Gasteiger partial charge on any atom is 0.240 e. The third kappa shape index (κ3) is 3.79. The summed E-state index contributed by atoms with van der Waals surface area (Å²) in [5, 5.41) is 18.0. The van der Waals surface area contributed by atoms with E-state index in [1.807, 2.05) is 6.07 Å². The maximum atomic E-state index is 12.2. The van der Waals surface area contributed by atoms with Crippen molar-refractivity contribution in [3.63, 3.8) is 0 Å². The van der Waals surface area contributed by atoms with E-state index < -0.39 is 10.0 Å². The van der Waals surface area contributed by atoms with Crippen molar-refractivity contribution in [2.24, 2.45) is 0 Å². The Morgan fingerprint density at radius 1 is 1.20 bits per heavy atom. The molecule has 0 radical (unpaired) electrons. The molecule has 20 heavy (non-hydrogen) atoms. The Kier molecular flexibility index (Phi) is 4.76. The van der Waals surface area contributed by atoms with Crippen molar-refractivity contribution in [1.29, 1.82) is 5.26 Å². The number of hydrogen-bond donors (Lipinski definition) is 2. The highest BCUT2D eigenvalue weighted by Crippen LogP contribution is 2.20. The van der Waals surface area contributed by atoms with E-state index in [2.05, 4.69) is 4.72 Å². The largest absolute Gasteiger partial charge is 0.393 e. The molecule has 1 aliphatic carbocycles. The molecule has 1 fully saturated rings. The Hall–Kier alpha value is -1.42. The van der Waals surface area contributed by atoms with Crippen molar-refractivity contribution in [1.82, 2.24) is 4.72 Å². The van der Waals surface area contributed by atoms with Gasteiger partial charge in [-0.3, -0.25) is 0 Å². The number of sulfonamides is 1. The van der Waals surface area contributed by atoms with E-state index in [1.54, 1.807) is 12.1 Å². The number of nitriles is 1. The number of aliphatic hydroxyl groups excluding tert-OH is 1. The fourth-order valence-corrected chi connectivity index (χ4v) is 3.66. The summed E-state index contributed by atoms with van der Waals surface area (Å²) in [6.07, 6.45) is 2.55. The van der Waals surface area contributed by atoms with Gasteiger partial charge in [-0.2, -0.15) is 5.26 Å². The summed E-state index contributed by atoms with van der Waals surface area (Å²) in [6, 6.07) is 8.27. The van der Waals surface area contributed by atoms with Crippen LogP contribution in [0.25, 0.3) is 0 Å². The molecule has 2 N–H and O–H groups in total. The molecular formula is C14H18N2O3S. The van der Waals surface area contributed by atoms with E-state index in [9.17, 15) is 13.5 Å². The molecule has 0 atom stereocenters. The normalized spacial score (nSPS) is 23.2. The molecule has 0 spiro atoms. The van der Waals surface area contributed by atoms with Gasteiger partial charge in [0.05, 0.1) is 23.5 Å². The van der Waals surface area contributed by atoms with Gasteiger partial charge in [0.2, 0.25) is 10.0 Å². The van der Waals surface area contributed by atoms with Crippen molar-refractivity contribution in [2.75, 3.05) is 0 Å². The zero-order valence-electron chi connectivity index (χ0n) is 11.1. The summed E-state index contributed by atoms with van der Waals surface area (Å²) in [5.74, 6) is 0. The minimum Gasteiger partial charge on any atom is -0.393 e. The summed E-state index contributed by atoms with van der Waals surface area (Å²) in [7, 11) is -3.52. The lowest BCUT2D eigenvalue weighted by atomic mass is 9.94. The third-order valence-corrected chi connectivity index (χ3v) is 5.07. The van der Waals surface area contributed by atoms with E-state index in [0.29, 0.717) is 25.7 Å². The Morgan fingerprint density at radius 2 is 1.80 bits per heavy atom. The molecule has 0 heterocycles. The van der Waals surface area contributed by atoms with Gasteiger partial charge in [0, 0.05) is 6.04 Å². The molecular weight excluding hydrogens is 276 g/mol. The van der Waals surface area contributed by atoms with Crippen LogP contribution in [-0.2, 0) is 16.4 Å². The predicted octanol–water partition coefficient (Wildman–Crippen LogP) is 1.33. The van der Waals surface area contributed by atoms with Crippen LogP contribution in [0.5, 0.6) is 0 Å². The standard InChI is InChI=1S/C14H18N2O3S/c15-10-9-11-1-7-14(8-2-11)20(18,19)16-12-3-5-13(17)6-4-12/h1-2,7-8,12-13,16-17H,3-6,9H2. The van der Waals surface area contributed by atoms with Gasteiger partial charge in [0.15, 0.2) is 0 Å². The molecule has 0 unspecified atom stereocenters. The van der Waals surface area contributed by atoms with E-state index in [1.165, 1.54) is 12.1 Å². The van der Waals surface area contributed by atoms with Crippen LogP contribution in [0.3, 0.4) is 0 Å². The molecule has 108 valence electrons. The molecule has 1 aromatic carbocycles. The minimum atomic E-state index is -3.52. The smallest absolute Gasteiger partial charge is 0.240 e. The van der Waals surface area contributed by atoms with Crippen LogP contribution < -0.4 is 4.72 Å². The Morgan fingerprint density at radius 3 is 2.35 bits per heavy atom. The van der Waals surface area contributed by atoms with Crippen LogP contribution >= 0.6 is 0 Å². The summed E-state index contributed by atoms with van der Waals surface area (Å²) < 4.78 is 27.1. The van der Waals surface area contributed by atoms with Gasteiger partial charge in [0.1, 0.15) is 0 Å². The topological polar surface area (TPSA) is 90.2 Å². The Labute approximate surface area is 119 Å². The van der Waals surface area contributed by atoms with Crippen molar-refractivity contribution >= 4 is 10.0 Å². The molecule has 0 saturated heterocycles. The SMILES string of the molecule is N#CCc1ccc(S(=O)(=O)NC2CCC(O)CC2)cc1. The first-order valence-electron chi connectivity index (χ1n) is 6.67. The lowest BCUT2D eigenvalue weighted by Gasteiger charge is -2.25. The van der Waals surface area contributed by atoms with Gasteiger partial charge in [-0.1, -0.05) is 12.1 Å². The van der Waals surface area contributed by atoms with Crippen LogP contribution in [0.1, 0.15) is 31.2 Å². The van der Waals surface area contributed by atoms with E-state index in [0.717, 1.165) is 5.56 Å². The summed E-state index contributed by atoms with van der Waals surface area (Å²) >= 11 is 0. The zero-order valence-corrected chi connectivity index (χ0v) is 11.9. The summed E-state index contributed by atoms with van der Waals surface area (Å²) in [6.45, 7) is 0. The van der Waals surface area contributed by atoms with Gasteiger partial charge in [0.25, 0.3) is 0 Å². The van der Waals surface area contributed by atoms with Crippen molar-refractivity contribution in [3.8, 4) is 6.07 Å². The molecule has 0 amide bonds. The van der Waals surface area contributed by atoms with E-state index in [-0.39, 0.29) is 23.5 Å². The first kappa shape index (κ1) is 15.0. The quantitative estimate of drug-likeness (QED) is 0.876. The highest BCUT2D eigenvalue weighted by molar-refractivity contribution is 7.89. The fourth-order valence-electron chi connectivity index (χ4n) is 2.36. The number of nitrogens with one attached hydrogen (secondary N) is 1. The van der Waals surface area contributed by atoms with Crippen LogP contribution in [0.15, 0.2) is 29.2 Å². The van der Waals surface area contributed by atoms with Crippen LogP contribution in [0.2, 0.25) is 0 Å². The minimum absolute atomic E-state index is 0.109. The first-order valence-corrected chi connectivity index (χ1v) is 8.16. The van der Waals surface area contributed by atoms with Crippen molar-refractivity contribution in [2.45, 2.75) is 49.1 Å². The second-order valence-corrected chi connectivity index (χ2v) is 6.82. The second-order valence-electron chi connectivity index (χ2n) is 5.11. The number of hydrogen-bond acceptors (Lipinski definition) is 4. The monoisotopic (exact) mass is 294 g/mol. The van der Waals surface area contributed by atoms with E-state index >= 15 is 0 Å². The summed E-state index contributed by atoms with van der Waals surface area (Å²) in [4.78, 5) is 0.213. The molecule has 0 bridgehead atoms. The maximum absolute atomic E-state index is 12.2. The third-order valence-electron chi connectivity index (χ3n) is 3.54. The van der Waals surface area contributed by atoms with Crippen LogP contribution in [0, 0.1) is 11.3 Å². The highest BCUT2D eigenvalue weighted by atomic mass is 32.2. The molecule has 0 aliphatic heterocycles. The van der Waals surface area contributed by atoms with E-state index in [4.69, 9.17) is 5.26 Å². The molecule has 1 aromatic rings. The Bertz CT molecular complexity index is 582. The number of nitrogens with zero attached hydrogens (tertiary/aromatic N) is 1. The van der Waals surface area contributed by atoms with Crippen molar-refractivity contribution < 1.29 is 13.5 Å². The average molecular weight is 294 g/mol. The molecule has 5 nitrogen and oxygen atoms in total. The molecule has 6 heteroatoms. The average Bonchev–Trinajstić information content (AvgIpc) is 2.42. The number of rotatable bonds is 4.